The van der Waals surface area contributed by atoms with Crippen LogP contribution in [0.3, 0.4) is 0 Å². The number of aryl methyl sites for hydroxylation is 1. The van der Waals surface area contributed by atoms with Crippen LogP contribution < -0.4 is 10.1 Å². The molecule has 6 nitrogen and oxygen atoms in total. The van der Waals surface area contributed by atoms with E-state index in [1.165, 1.54) is 0 Å². The van der Waals surface area contributed by atoms with Gasteiger partial charge in [-0.1, -0.05) is 6.07 Å². The summed E-state index contributed by atoms with van der Waals surface area (Å²) >= 11 is 0. The number of anilines is 1. The minimum absolute atomic E-state index is 0.0129. The molecule has 1 aliphatic rings. The Bertz CT molecular complexity index is 738. The molecular formula is C18H26N4O2. The summed E-state index contributed by atoms with van der Waals surface area (Å²) in [6, 6.07) is 5.86. The van der Waals surface area contributed by atoms with Crippen molar-refractivity contribution >= 4 is 22.6 Å². The fraction of sp³-hybridized carbons (Fsp3) is 0.556. The largest absolute Gasteiger partial charge is 0.490 e. The van der Waals surface area contributed by atoms with Crippen molar-refractivity contribution in [3.63, 3.8) is 0 Å². The van der Waals surface area contributed by atoms with Gasteiger partial charge < -0.3 is 15.0 Å². The van der Waals surface area contributed by atoms with Gasteiger partial charge in [0.05, 0.1) is 22.9 Å². The van der Waals surface area contributed by atoms with Gasteiger partial charge in [-0.3, -0.25) is 9.48 Å². The predicted molar refractivity (Wildman–Crippen MR) is 95.3 cm³/mol. The molecule has 2 heterocycles. The lowest BCUT2D eigenvalue weighted by Gasteiger charge is -2.28. The summed E-state index contributed by atoms with van der Waals surface area (Å²) in [6.45, 7) is 5.84. The van der Waals surface area contributed by atoms with Crippen LogP contribution >= 0.6 is 0 Å². The van der Waals surface area contributed by atoms with Gasteiger partial charge in [0.25, 0.3) is 0 Å². The van der Waals surface area contributed by atoms with Crippen molar-refractivity contribution in [2.45, 2.75) is 32.8 Å². The third-order valence-electron chi connectivity index (χ3n) is 4.44. The summed E-state index contributed by atoms with van der Waals surface area (Å²) in [5.74, 6) is 1.40. The van der Waals surface area contributed by atoms with Crippen molar-refractivity contribution in [1.82, 2.24) is 14.7 Å². The van der Waals surface area contributed by atoms with Crippen molar-refractivity contribution in [2.24, 2.45) is 13.0 Å². The Balaban J connectivity index is 1.90. The minimum Gasteiger partial charge on any atom is -0.490 e. The van der Waals surface area contributed by atoms with E-state index >= 15 is 0 Å². The standard InChI is InChI=1S/C18H26N4O2/c1-12(2)24-15-9-5-8-14-16(15)17(20-22(14)4)19-18(23)13-7-6-10-21(3)11-13/h5,8-9,12-13H,6-7,10-11H2,1-4H3,(H,19,20,23)/t13-/m0/s1. The monoisotopic (exact) mass is 330 g/mol. The Morgan fingerprint density at radius 3 is 2.88 bits per heavy atom. The first-order chi connectivity index (χ1) is 11.5. The molecule has 1 amide bonds. The fourth-order valence-electron chi connectivity index (χ4n) is 3.32. The number of rotatable bonds is 4. The Labute approximate surface area is 142 Å². The van der Waals surface area contributed by atoms with Crippen molar-refractivity contribution < 1.29 is 9.53 Å². The third-order valence-corrected chi connectivity index (χ3v) is 4.44. The second-order valence-electron chi connectivity index (χ2n) is 6.88. The maximum Gasteiger partial charge on any atom is 0.229 e. The lowest BCUT2D eigenvalue weighted by Crippen LogP contribution is -2.38. The topological polar surface area (TPSA) is 59.4 Å². The van der Waals surface area contributed by atoms with E-state index in [9.17, 15) is 4.79 Å². The first kappa shape index (κ1) is 16.8. The van der Waals surface area contributed by atoms with Crippen LogP contribution in [0.5, 0.6) is 5.75 Å². The molecule has 6 heteroatoms. The van der Waals surface area contributed by atoms with Gasteiger partial charge in [0, 0.05) is 13.6 Å². The number of ether oxygens (including phenoxy) is 1. The van der Waals surface area contributed by atoms with Crippen LogP contribution in [0.2, 0.25) is 0 Å². The molecule has 1 saturated heterocycles. The number of amides is 1. The van der Waals surface area contributed by atoms with E-state index in [0.717, 1.165) is 42.6 Å². The first-order valence-electron chi connectivity index (χ1n) is 8.57. The maximum absolute atomic E-state index is 12.7. The zero-order valence-corrected chi connectivity index (χ0v) is 14.9. The van der Waals surface area contributed by atoms with Crippen LogP contribution in [0.1, 0.15) is 26.7 Å². The second kappa shape index (κ2) is 6.81. The number of nitrogens with one attached hydrogen (secondary N) is 1. The lowest BCUT2D eigenvalue weighted by atomic mass is 9.97. The molecule has 2 aromatic rings. The number of fused-ring (bicyclic) bond motifs is 1. The number of piperidine rings is 1. The van der Waals surface area contributed by atoms with Crippen LogP contribution in [0.15, 0.2) is 18.2 Å². The zero-order chi connectivity index (χ0) is 17.3. The molecule has 24 heavy (non-hydrogen) atoms. The highest BCUT2D eigenvalue weighted by Gasteiger charge is 2.26. The summed E-state index contributed by atoms with van der Waals surface area (Å²) in [6.07, 6.45) is 2.04. The average Bonchev–Trinajstić information content (AvgIpc) is 2.84. The highest BCUT2D eigenvalue weighted by Crippen LogP contribution is 2.33. The normalized spacial score (nSPS) is 19.0. The van der Waals surface area contributed by atoms with E-state index in [-0.39, 0.29) is 17.9 Å². The molecule has 130 valence electrons. The number of carbonyl (C=O) groups excluding carboxylic acids is 1. The van der Waals surface area contributed by atoms with Crippen molar-refractivity contribution in [1.29, 1.82) is 0 Å². The lowest BCUT2D eigenvalue weighted by molar-refractivity contribution is -0.121. The molecule has 0 unspecified atom stereocenters. The molecule has 1 atom stereocenters. The predicted octanol–water partition coefficient (Wildman–Crippen LogP) is 2.64. The third kappa shape index (κ3) is 3.38. The van der Waals surface area contributed by atoms with Crippen LogP contribution in [-0.4, -0.2) is 46.8 Å². The number of likely N-dealkylation sites (tertiary alicyclic amines) is 1. The summed E-state index contributed by atoms with van der Waals surface area (Å²) in [5.41, 5.74) is 0.948. The number of nitrogens with zero attached hydrogens (tertiary/aromatic N) is 3. The van der Waals surface area contributed by atoms with Crippen LogP contribution in [0.25, 0.3) is 10.9 Å². The average molecular weight is 330 g/mol. The highest BCUT2D eigenvalue weighted by molar-refractivity contribution is 6.03. The Hall–Kier alpha value is -2.08. The van der Waals surface area contributed by atoms with Crippen LogP contribution in [0, 0.1) is 5.92 Å². The molecule has 1 aromatic heterocycles. The molecule has 0 bridgehead atoms. The van der Waals surface area contributed by atoms with E-state index < -0.39 is 0 Å². The highest BCUT2D eigenvalue weighted by atomic mass is 16.5. The van der Waals surface area contributed by atoms with E-state index in [4.69, 9.17) is 4.74 Å². The maximum atomic E-state index is 12.7. The number of aromatic nitrogens is 2. The fourth-order valence-corrected chi connectivity index (χ4v) is 3.32. The summed E-state index contributed by atoms with van der Waals surface area (Å²) in [7, 11) is 3.94. The molecule has 0 aliphatic carbocycles. The molecule has 1 aromatic carbocycles. The molecule has 1 fully saturated rings. The van der Waals surface area contributed by atoms with Crippen LogP contribution in [0.4, 0.5) is 5.82 Å². The van der Waals surface area contributed by atoms with Gasteiger partial charge in [-0.2, -0.15) is 5.10 Å². The van der Waals surface area contributed by atoms with E-state index in [2.05, 4.69) is 22.4 Å². The van der Waals surface area contributed by atoms with Crippen molar-refractivity contribution in [2.75, 3.05) is 25.5 Å². The first-order valence-corrected chi connectivity index (χ1v) is 8.57. The summed E-state index contributed by atoms with van der Waals surface area (Å²) in [5, 5.41) is 8.40. The van der Waals surface area contributed by atoms with Crippen molar-refractivity contribution in [3.8, 4) is 5.75 Å². The van der Waals surface area contributed by atoms with Gasteiger partial charge in [-0.15, -0.1) is 0 Å². The minimum atomic E-state index is 0.0129. The van der Waals surface area contributed by atoms with Gasteiger partial charge in [-0.05, 0) is 52.4 Å². The Morgan fingerprint density at radius 2 is 2.17 bits per heavy atom. The number of carbonyl (C=O) groups is 1. The molecular weight excluding hydrogens is 304 g/mol. The van der Waals surface area contributed by atoms with E-state index in [1.807, 2.05) is 39.1 Å². The molecule has 0 saturated carbocycles. The van der Waals surface area contributed by atoms with Gasteiger partial charge in [0.2, 0.25) is 5.91 Å². The SMILES string of the molecule is CC(C)Oc1cccc2c1c(NC(=O)[C@H]1CCCN(C)C1)nn2C. The molecule has 0 radical (unpaired) electrons. The summed E-state index contributed by atoms with van der Waals surface area (Å²) < 4.78 is 7.70. The molecule has 3 rings (SSSR count). The smallest absolute Gasteiger partial charge is 0.229 e. The zero-order valence-electron chi connectivity index (χ0n) is 14.9. The van der Waals surface area contributed by atoms with Crippen LogP contribution in [-0.2, 0) is 11.8 Å². The van der Waals surface area contributed by atoms with E-state index in [0.29, 0.717) is 5.82 Å². The number of hydrogen-bond donors (Lipinski definition) is 1. The van der Waals surface area contributed by atoms with Gasteiger partial charge in [0.1, 0.15) is 5.75 Å². The second-order valence-corrected chi connectivity index (χ2v) is 6.88. The van der Waals surface area contributed by atoms with Gasteiger partial charge >= 0.3 is 0 Å². The number of benzene rings is 1. The van der Waals surface area contributed by atoms with Gasteiger partial charge in [0.15, 0.2) is 5.82 Å². The summed E-state index contributed by atoms with van der Waals surface area (Å²) in [4.78, 5) is 14.9. The Morgan fingerprint density at radius 1 is 1.38 bits per heavy atom. The quantitative estimate of drug-likeness (QED) is 0.936. The Kier molecular flexibility index (Phi) is 4.76. The molecule has 1 N–H and O–H groups in total. The van der Waals surface area contributed by atoms with Gasteiger partial charge in [-0.25, -0.2) is 0 Å². The van der Waals surface area contributed by atoms with E-state index in [1.54, 1.807) is 4.68 Å². The molecule has 1 aliphatic heterocycles. The molecule has 0 spiro atoms. The van der Waals surface area contributed by atoms with Crippen molar-refractivity contribution in [3.05, 3.63) is 18.2 Å². The number of hydrogen-bond acceptors (Lipinski definition) is 4.